The van der Waals surface area contributed by atoms with Gasteiger partial charge in [-0.05, 0) is 32.2 Å². The average Bonchev–Trinajstić information content (AvgIpc) is 2.88. The molecule has 1 aromatic heterocycles. The van der Waals surface area contributed by atoms with Crippen molar-refractivity contribution in [1.82, 2.24) is 20.1 Å². The SMILES string of the molecule is CCCn1cnnc1C1(CCC)CCCN1. The summed E-state index contributed by atoms with van der Waals surface area (Å²) >= 11 is 0. The quantitative estimate of drug-likeness (QED) is 0.829. The number of aryl methyl sites for hydroxylation is 1. The highest BCUT2D eigenvalue weighted by molar-refractivity contribution is 5.09. The largest absolute Gasteiger partial charge is 0.316 e. The number of hydrogen-bond donors (Lipinski definition) is 1. The molecule has 0 aromatic carbocycles. The minimum atomic E-state index is 0.0976. The summed E-state index contributed by atoms with van der Waals surface area (Å²) in [5.41, 5.74) is 0.0976. The van der Waals surface area contributed by atoms with Crippen molar-refractivity contribution >= 4 is 0 Å². The number of hydrogen-bond acceptors (Lipinski definition) is 3. The second kappa shape index (κ2) is 4.95. The van der Waals surface area contributed by atoms with E-state index >= 15 is 0 Å². The van der Waals surface area contributed by atoms with Gasteiger partial charge in [0, 0.05) is 6.54 Å². The third-order valence-corrected chi connectivity index (χ3v) is 3.43. The van der Waals surface area contributed by atoms with E-state index in [9.17, 15) is 0 Å². The van der Waals surface area contributed by atoms with Crippen molar-refractivity contribution in [2.24, 2.45) is 0 Å². The summed E-state index contributed by atoms with van der Waals surface area (Å²) in [6, 6.07) is 0. The van der Waals surface area contributed by atoms with Crippen molar-refractivity contribution in [3.63, 3.8) is 0 Å². The van der Waals surface area contributed by atoms with Crippen LogP contribution in [0.15, 0.2) is 6.33 Å². The second-order valence-electron chi connectivity index (χ2n) is 4.71. The molecule has 4 heteroatoms. The molecule has 1 aromatic rings. The minimum Gasteiger partial charge on any atom is -0.316 e. The molecule has 2 rings (SSSR count). The van der Waals surface area contributed by atoms with E-state index in [1.54, 1.807) is 0 Å². The summed E-state index contributed by atoms with van der Waals surface area (Å²) < 4.78 is 2.22. The smallest absolute Gasteiger partial charge is 0.153 e. The van der Waals surface area contributed by atoms with E-state index in [0.717, 1.165) is 31.8 Å². The normalized spacial score (nSPS) is 25.1. The molecule has 1 unspecified atom stereocenters. The van der Waals surface area contributed by atoms with Gasteiger partial charge in [-0.15, -0.1) is 10.2 Å². The fourth-order valence-corrected chi connectivity index (χ4v) is 2.78. The molecule has 0 saturated carbocycles. The lowest BCUT2D eigenvalue weighted by molar-refractivity contribution is 0.319. The van der Waals surface area contributed by atoms with Crippen LogP contribution in [0.5, 0.6) is 0 Å². The Balaban J connectivity index is 2.27. The van der Waals surface area contributed by atoms with E-state index in [1.807, 2.05) is 6.33 Å². The monoisotopic (exact) mass is 222 g/mol. The first-order chi connectivity index (χ1) is 7.82. The summed E-state index contributed by atoms with van der Waals surface area (Å²) in [6.07, 6.45) is 7.80. The second-order valence-corrected chi connectivity index (χ2v) is 4.71. The predicted molar refractivity (Wildman–Crippen MR) is 64.1 cm³/mol. The van der Waals surface area contributed by atoms with Gasteiger partial charge in [0.15, 0.2) is 5.82 Å². The van der Waals surface area contributed by atoms with Crippen LogP contribution >= 0.6 is 0 Å². The highest BCUT2D eigenvalue weighted by Gasteiger charge is 2.38. The van der Waals surface area contributed by atoms with Gasteiger partial charge in [-0.25, -0.2) is 0 Å². The molecule has 0 bridgehead atoms. The maximum atomic E-state index is 4.36. The number of aromatic nitrogens is 3. The van der Waals surface area contributed by atoms with Crippen LogP contribution in [0.2, 0.25) is 0 Å². The lowest BCUT2D eigenvalue weighted by Gasteiger charge is -2.28. The van der Waals surface area contributed by atoms with Gasteiger partial charge in [-0.1, -0.05) is 20.3 Å². The van der Waals surface area contributed by atoms with Gasteiger partial charge in [0.1, 0.15) is 6.33 Å². The molecule has 2 heterocycles. The lowest BCUT2D eigenvalue weighted by atomic mass is 9.91. The molecule has 0 spiro atoms. The zero-order valence-electron chi connectivity index (χ0n) is 10.4. The third kappa shape index (κ3) is 1.98. The first kappa shape index (κ1) is 11.6. The highest BCUT2D eigenvalue weighted by atomic mass is 15.3. The van der Waals surface area contributed by atoms with E-state index in [0.29, 0.717) is 0 Å². The van der Waals surface area contributed by atoms with Gasteiger partial charge in [0.2, 0.25) is 0 Å². The van der Waals surface area contributed by atoms with E-state index in [4.69, 9.17) is 0 Å². The lowest BCUT2D eigenvalue weighted by Crippen LogP contribution is -2.39. The van der Waals surface area contributed by atoms with Crippen LogP contribution in [0.3, 0.4) is 0 Å². The predicted octanol–water partition coefficient (Wildman–Crippen LogP) is 2.07. The molecule has 1 N–H and O–H groups in total. The molecule has 0 amide bonds. The van der Waals surface area contributed by atoms with Gasteiger partial charge in [0.25, 0.3) is 0 Å². The number of nitrogens with zero attached hydrogens (tertiary/aromatic N) is 3. The molecule has 4 nitrogen and oxygen atoms in total. The Morgan fingerprint density at radius 3 is 2.94 bits per heavy atom. The molecular formula is C12H22N4. The number of rotatable bonds is 5. The summed E-state index contributed by atoms with van der Waals surface area (Å²) in [4.78, 5) is 0. The Morgan fingerprint density at radius 2 is 2.31 bits per heavy atom. The van der Waals surface area contributed by atoms with Crippen molar-refractivity contribution in [3.8, 4) is 0 Å². The van der Waals surface area contributed by atoms with E-state index in [1.165, 1.54) is 19.3 Å². The average molecular weight is 222 g/mol. The Kier molecular flexibility index (Phi) is 3.59. The molecule has 1 atom stereocenters. The molecule has 1 saturated heterocycles. The van der Waals surface area contributed by atoms with Crippen LogP contribution in [-0.2, 0) is 12.1 Å². The van der Waals surface area contributed by atoms with Gasteiger partial charge in [0.05, 0.1) is 5.54 Å². The zero-order valence-corrected chi connectivity index (χ0v) is 10.4. The Bertz CT molecular complexity index is 326. The van der Waals surface area contributed by atoms with E-state index in [2.05, 4.69) is 33.9 Å². The molecule has 16 heavy (non-hydrogen) atoms. The Morgan fingerprint density at radius 1 is 1.44 bits per heavy atom. The van der Waals surface area contributed by atoms with E-state index in [-0.39, 0.29) is 5.54 Å². The Labute approximate surface area is 97.5 Å². The van der Waals surface area contributed by atoms with Crippen LogP contribution in [0.1, 0.15) is 51.8 Å². The van der Waals surface area contributed by atoms with E-state index < -0.39 is 0 Å². The molecule has 90 valence electrons. The van der Waals surface area contributed by atoms with Crippen LogP contribution < -0.4 is 5.32 Å². The maximum Gasteiger partial charge on any atom is 0.153 e. The van der Waals surface area contributed by atoms with Crippen molar-refractivity contribution in [3.05, 3.63) is 12.2 Å². The van der Waals surface area contributed by atoms with Crippen LogP contribution in [-0.4, -0.2) is 21.3 Å². The van der Waals surface area contributed by atoms with Gasteiger partial charge < -0.3 is 9.88 Å². The summed E-state index contributed by atoms with van der Waals surface area (Å²) in [6.45, 7) is 6.56. The molecular weight excluding hydrogens is 200 g/mol. The first-order valence-electron chi connectivity index (χ1n) is 6.45. The summed E-state index contributed by atoms with van der Waals surface area (Å²) in [5.74, 6) is 1.15. The van der Waals surface area contributed by atoms with Gasteiger partial charge in [-0.2, -0.15) is 0 Å². The van der Waals surface area contributed by atoms with Gasteiger partial charge >= 0.3 is 0 Å². The topological polar surface area (TPSA) is 42.7 Å². The maximum absolute atomic E-state index is 4.36. The van der Waals surface area contributed by atoms with Crippen LogP contribution in [0.4, 0.5) is 0 Å². The van der Waals surface area contributed by atoms with Crippen molar-refractivity contribution in [2.45, 2.75) is 58.0 Å². The van der Waals surface area contributed by atoms with Crippen LogP contribution in [0.25, 0.3) is 0 Å². The van der Waals surface area contributed by atoms with Crippen molar-refractivity contribution in [1.29, 1.82) is 0 Å². The molecule has 1 aliphatic heterocycles. The standard InChI is InChI=1S/C12H22N4/c1-3-6-12(7-5-8-13-12)11-15-14-10-16(11)9-4-2/h10,13H,3-9H2,1-2H3. The van der Waals surface area contributed by atoms with Crippen LogP contribution in [0, 0.1) is 0 Å². The number of nitrogens with one attached hydrogen (secondary N) is 1. The van der Waals surface area contributed by atoms with Crippen molar-refractivity contribution < 1.29 is 0 Å². The fourth-order valence-electron chi connectivity index (χ4n) is 2.78. The Hall–Kier alpha value is -0.900. The molecule has 1 aliphatic rings. The first-order valence-corrected chi connectivity index (χ1v) is 6.45. The molecule has 1 fully saturated rings. The summed E-state index contributed by atoms with van der Waals surface area (Å²) in [5, 5.41) is 12.1. The zero-order chi connectivity index (χ0) is 11.4. The third-order valence-electron chi connectivity index (χ3n) is 3.43. The summed E-state index contributed by atoms with van der Waals surface area (Å²) in [7, 11) is 0. The highest BCUT2D eigenvalue weighted by Crippen LogP contribution is 2.33. The molecule has 0 radical (unpaired) electrons. The fraction of sp³-hybridized carbons (Fsp3) is 0.833. The molecule has 0 aliphatic carbocycles. The van der Waals surface area contributed by atoms with Gasteiger partial charge in [-0.3, -0.25) is 0 Å². The van der Waals surface area contributed by atoms with Crippen molar-refractivity contribution in [2.75, 3.05) is 6.54 Å². The minimum absolute atomic E-state index is 0.0976.